The van der Waals surface area contributed by atoms with Gasteiger partial charge < -0.3 is 20.3 Å². The Morgan fingerprint density at radius 3 is 2.90 bits per heavy atom. The van der Waals surface area contributed by atoms with Crippen molar-refractivity contribution >= 4 is 22.3 Å². The summed E-state index contributed by atoms with van der Waals surface area (Å²) in [4.78, 5) is 8.32. The summed E-state index contributed by atoms with van der Waals surface area (Å²) in [5, 5.41) is 8.21. The lowest BCUT2D eigenvalue weighted by Gasteiger charge is -2.44. The van der Waals surface area contributed by atoms with Gasteiger partial charge in [-0.3, -0.25) is 5.10 Å². The monoisotopic (exact) mass is 526 g/mol. The highest BCUT2D eigenvalue weighted by atomic mass is 19.1. The zero-order valence-corrected chi connectivity index (χ0v) is 21.6. The number of aryl methyl sites for hydroxylation is 1. The number of halogens is 2. The lowest BCUT2D eigenvalue weighted by Crippen LogP contribution is -2.56. The minimum absolute atomic E-state index is 0.158. The van der Waals surface area contributed by atoms with Crippen molar-refractivity contribution in [3.8, 4) is 28.1 Å². The van der Waals surface area contributed by atoms with Gasteiger partial charge in [0.15, 0.2) is 5.69 Å². The van der Waals surface area contributed by atoms with Crippen LogP contribution in [0.3, 0.4) is 0 Å². The number of benzene rings is 3. The highest BCUT2D eigenvalue weighted by molar-refractivity contribution is 6.00. The molecule has 7 rings (SSSR count). The topological polar surface area (TPSA) is 74.8 Å². The minimum Gasteiger partial charge on any atom is -0.489 e. The Kier molecular flexibility index (Phi) is 5.58. The first-order valence-corrected chi connectivity index (χ1v) is 13.3. The number of hydrogen-bond donors (Lipinski definition) is 2. The number of likely N-dealkylation sites (N-methyl/N-ethyl adjacent to an activating group) is 1. The van der Waals surface area contributed by atoms with Crippen molar-refractivity contribution in [3.63, 3.8) is 0 Å². The van der Waals surface area contributed by atoms with Gasteiger partial charge in [0.25, 0.3) is 0 Å². The van der Waals surface area contributed by atoms with E-state index in [2.05, 4.69) is 38.0 Å². The summed E-state index contributed by atoms with van der Waals surface area (Å²) in [5.41, 5.74) is 10.5. The van der Waals surface area contributed by atoms with E-state index in [0.29, 0.717) is 59.6 Å². The van der Waals surface area contributed by atoms with Crippen molar-refractivity contribution in [1.29, 1.82) is 0 Å². The highest BCUT2D eigenvalue weighted by Crippen LogP contribution is 2.43. The molecule has 9 heteroatoms. The fraction of sp³-hybridized carbons (Fsp3) is 0.333. The van der Waals surface area contributed by atoms with Crippen LogP contribution in [0.15, 0.2) is 36.4 Å². The molecule has 0 radical (unpaired) electrons. The van der Waals surface area contributed by atoms with Gasteiger partial charge in [-0.25, -0.2) is 13.6 Å². The average molecular weight is 527 g/mol. The molecule has 0 saturated carbocycles. The second-order valence-corrected chi connectivity index (χ2v) is 10.9. The Hall–Kier alpha value is -4.00. The molecule has 39 heavy (non-hydrogen) atoms. The molecule has 1 fully saturated rings. The number of ether oxygens (including phenoxy) is 1. The normalized spacial score (nSPS) is 20.6. The standard InChI is InChI=1S/C30H28F2N6O/c1-34-24-13-25-22(12-21(24)28-23(31)9-16-3-5-18(33)11-20(16)29(28)32)30(36-35-25)17-4-6-26-27(10-17)39-15-19-14-37(2)7-8-38(19)26/h4,6,9-10,12-13,18-19H,3,5,7-8,11,14-15,33H2,2H3,(H,35,36). The summed E-state index contributed by atoms with van der Waals surface area (Å²) < 4.78 is 37.4. The number of hydrogen-bond acceptors (Lipinski definition) is 5. The Morgan fingerprint density at radius 1 is 1.18 bits per heavy atom. The third kappa shape index (κ3) is 3.86. The smallest absolute Gasteiger partial charge is 0.197 e. The van der Waals surface area contributed by atoms with Crippen molar-refractivity contribution in [2.75, 3.05) is 38.2 Å². The molecule has 1 aromatic heterocycles. The SMILES string of the molecule is [C-]#[N+]c1cc2[nH]nc(-c3ccc4c(c3)OCC3CN(C)CCN43)c2cc1-c1c(F)cc2c(c1F)CC(N)CC2. The molecular weight excluding hydrogens is 498 g/mol. The number of aromatic nitrogens is 2. The van der Waals surface area contributed by atoms with Gasteiger partial charge >= 0.3 is 0 Å². The van der Waals surface area contributed by atoms with Crippen LogP contribution in [0, 0.1) is 18.2 Å². The number of H-pyrrole nitrogens is 1. The van der Waals surface area contributed by atoms with Crippen LogP contribution in [-0.2, 0) is 12.8 Å². The lowest BCUT2D eigenvalue weighted by atomic mass is 9.85. The Balaban J connectivity index is 1.34. The molecule has 3 N–H and O–H groups in total. The number of nitrogens with two attached hydrogens (primary N) is 1. The maximum Gasteiger partial charge on any atom is 0.197 e. The summed E-state index contributed by atoms with van der Waals surface area (Å²) in [5.74, 6) is -0.496. The van der Waals surface area contributed by atoms with Gasteiger partial charge in [0, 0.05) is 42.2 Å². The van der Waals surface area contributed by atoms with Gasteiger partial charge in [0.1, 0.15) is 24.0 Å². The molecule has 1 saturated heterocycles. The van der Waals surface area contributed by atoms with E-state index in [-0.39, 0.29) is 22.9 Å². The summed E-state index contributed by atoms with van der Waals surface area (Å²) in [6.07, 6.45) is 1.59. The first-order valence-electron chi connectivity index (χ1n) is 13.3. The zero-order valence-electron chi connectivity index (χ0n) is 21.6. The molecule has 2 unspecified atom stereocenters. The summed E-state index contributed by atoms with van der Waals surface area (Å²) in [7, 11) is 2.13. The first-order chi connectivity index (χ1) is 18.9. The third-order valence-corrected chi connectivity index (χ3v) is 8.39. The van der Waals surface area contributed by atoms with E-state index >= 15 is 8.78 Å². The van der Waals surface area contributed by atoms with Gasteiger partial charge in [0.05, 0.1) is 29.5 Å². The molecule has 0 bridgehead atoms. The Morgan fingerprint density at radius 2 is 2.05 bits per heavy atom. The molecule has 7 nitrogen and oxygen atoms in total. The minimum atomic E-state index is -0.667. The van der Waals surface area contributed by atoms with Crippen LogP contribution in [-0.4, -0.2) is 60.5 Å². The Bertz CT molecular complexity index is 1670. The van der Waals surface area contributed by atoms with Crippen LogP contribution in [0.25, 0.3) is 38.1 Å². The molecule has 4 aromatic rings. The summed E-state index contributed by atoms with van der Waals surface area (Å²) in [6, 6.07) is 10.9. The molecule has 3 aromatic carbocycles. The maximum atomic E-state index is 15.8. The first kappa shape index (κ1) is 24.1. The fourth-order valence-corrected chi connectivity index (χ4v) is 6.34. The predicted molar refractivity (Wildman–Crippen MR) is 147 cm³/mol. The number of piperazine rings is 1. The number of rotatable bonds is 2. The largest absolute Gasteiger partial charge is 0.489 e. The zero-order chi connectivity index (χ0) is 26.8. The summed E-state index contributed by atoms with van der Waals surface area (Å²) in [6.45, 7) is 11.2. The molecule has 3 heterocycles. The van der Waals surface area contributed by atoms with Crippen molar-refractivity contribution < 1.29 is 13.5 Å². The number of aromatic amines is 1. The summed E-state index contributed by atoms with van der Waals surface area (Å²) >= 11 is 0. The average Bonchev–Trinajstić information content (AvgIpc) is 3.35. The second-order valence-electron chi connectivity index (χ2n) is 10.9. The van der Waals surface area contributed by atoms with Crippen molar-refractivity contribution in [2.24, 2.45) is 5.73 Å². The van der Waals surface area contributed by atoms with Crippen LogP contribution in [0.2, 0.25) is 0 Å². The molecular formula is C30H28F2N6O. The van der Waals surface area contributed by atoms with Crippen LogP contribution >= 0.6 is 0 Å². The van der Waals surface area contributed by atoms with Crippen molar-refractivity contribution in [3.05, 3.63) is 70.6 Å². The van der Waals surface area contributed by atoms with E-state index < -0.39 is 11.6 Å². The fourth-order valence-electron chi connectivity index (χ4n) is 6.34. The third-order valence-electron chi connectivity index (χ3n) is 8.39. The van der Waals surface area contributed by atoms with Crippen molar-refractivity contribution in [1.82, 2.24) is 15.1 Å². The Labute approximate surface area is 225 Å². The van der Waals surface area contributed by atoms with Crippen LogP contribution in [0.5, 0.6) is 5.75 Å². The van der Waals surface area contributed by atoms with E-state index in [1.807, 2.05) is 12.1 Å². The quantitative estimate of drug-likeness (QED) is 0.358. The van der Waals surface area contributed by atoms with E-state index in [4.69, 9.17) is 17.0 Å². The molecule has 2 atom stereocenters. The second kappa shape index (κ2) is 9.04. The van der Waals surface area contributed by atoms with Gasteiger partial charge in [-0.15, -0.1) is 0 Å². The van der Waals surface area contributed by atoms with Crippen LogP contribution in [0.4, 0.5) is 20.2 Å². The number of nitrogens with one attached hydrogen (secondary N) is 1. The lowest BCUT2D eigenvalue weighted by molar-refractivity contribution is 0.188. The van der Waals surface area contributed by atoms with Gasteiger partial charge in [-0.2, -0.15) is 5.10 Å². The van der Waals surface area contributed by atoms with Crippen LogP contribution in [0.1, 0.15) is 17.5 Å². The predicted octanol–water partition coefficient (Wildman–Crippen LogP) is 5.05. The highest BCUT2D eigenvalue weighted by Gasteiger charge is 2.32. The number of fused-ring (bicyclic) bond motifs is 5. The van der Waals surface area contributed by atoms with Gasteiger partial charge in [-0.05, 0) is 67.3 Å². The molecule has 3 aliphatic rings. The molecule has 1 aliphatic carbocycles. The van der Waals surface area contributed by atoms with E-state index in [0.717, 1.165) is 36.6 Å². The van der Waals surface area contributed by atoms with Crippen LogP contribution < -0.4 is 15.4 Å². The molecule has 2 aliphatic heterocycles. The number of nitrogens with zero attached hydrogens (tertiary/aromatic N) is 4. The number of anilines is 1. The van der Waals surface area contributed by atoms with Gasteiger partial charge in [-0.1, -0.05) is 12.1 Å². The van der Waals surface area contributed by atoms with Crippen molar-refractivity contribution in [2.45, 2.75) is 31.3 Å². The molecule has 0 spiro atoms. The van der Waals surface area contributed by atoms with E-state index in [9.17, 15) is 0 Å². The molecule has 198 valence electrons. The maximum absolute atomic E-state index is 15.8. The van der Waals surface area contributed by atoms with E-state index in [1.54, 1.807) is 12.1 Å². The molecule has 0 amide bonds. The van der Waals surface area contributed by atoms with E-state index in [1.165, 1.54) is 6.07 Å². The van der Waals surface area contributed by atoms with Gasteiger partial charge in [0.2, 0.25) is 0 Å².